The minimum atomic E-state index is -0.114. The summed E-state index contributed by atoms with van der Waals surface area (Å²) in [7, 11) is 4.01. The highest BCUT2D eigenvalue weighted by atomic mass is 32.2. The van der Waals surface area contributed by atoms with Crippen LogP contribution >= 0.6 is 35.3 Å². The number of amides is 2. The first-order valence-corrected chi connectivity index (χ1v) is 12.0. The van der Waals surface area contributed by atoms with Crippen molar-refractivity contribution in [3.8, 4) is 0 Å². The smallest absolute Gasteiger partial charge is 0.266 e. The van der Waals surface area contributed by atoms with Gasteiger partial charge in [-0.05, 0) is 70.2 Å². The summed E-state index contributed by atoms with van der Waals surface area (Å²) in [6.07, 6.45) is 2.61. The number of benzene rings is 1. The standard InChI is InChI=1S/C22H26N4O2S3/c1-14-7-8-18(11-15(14)2)26(16(3)27)21-23-17(13-30-21)12-19-20(28)25(22(29)31-19)10-6-9-24(4)5/h7-8,11-13H,6,9-10H2,1-5H3/b19-12+. The van der Waals surface area contributed by atoms with Crippen LogP contribution in [0.2, 0.25) is 0 Å². The Morgan fingerprint density at radius 2 is 2.00 bits per heavy atom. The fourth-order valence-corrected chi connectivity index (χ4v) is 5.25. The number of nitrogens with zero attached hydrogens (tertiary/aromatic N) is 4. The average molecular weight is 475 g/mol. The minimum absolute atomic E-state index is 0.0825. The molecule has 0 unspecified atom stereocenters. The van der Waals surface area contributed by atoms with Gasteiger partial charge in [-0.25, -0.2) is 4.98 Å². The van der Waals surface area contributed by atoms with Crippen molar-refractivity contribution in [2.24, 2.45) is 0 Å². The van der Waals surface area contributed by atoms with Crippen LogP contribution in [-0.4, -0.2) is 58.1 Å². The number of thioether (sulfide) groups is 1. The van der Waals surface area contributed by atoms with Gasteiger partial charge in [0.05, 0.1) is 16.3 Å². The number of aryl methyl sites for hydroxylation is 2. The summed E-state index contributed by atoms with van der Waals surface area (Å²) in [6, 6.07) is 5.90. The zero-order valence-corrected chi connectivity index (χ0v) is 20.8. The Balaban J connectivity index is 1.80. The Morgan fingerprint density at radius 3 is 2.65 bits per heavy atom. The number of rotatable bonds is 7. The maximum Gasteiger partial charge on any atom is 0.266 e. The molecule has 1 aromatic carbocycles. The maximum atomic E-state index is 12.8. The fraction of sp³-hybridized carbons (Fsp3) is 0.364. The van der Waals surface area contributed by atoms with E-state index in [9.17, 15) is 9.59 Å². The van der Waals surface area contributed by atoms with E-state index in [1.165, 1.54) is 35.6 Å². The van der Waals surface area contributed by atoms with Crippen molar-refractivity contribution in [3.63, 3.8) is 0 Å². The summed E-state index contributed by atoms with van der Waals surface area (Å²) in [6.45, 7) is 7.08. The summed E-state index contributed by atoms with van der Waals surface area (Å²) in [5.41, 5.74) is 3.70. The zero-order valence-electron chi connectivity index (χ0n) is 18.3. The second-order valence-electron chi connectivity index (χ2n) is 7.67. The molecule has 1 aromatic heterocycles. The molecule has 0 aliphatic carbocycles. The number of hydrogen-bond donors (Lipinski definition) is 0. The van der Waals surface area contributed by atoms with Gasteiger partial charge in [0.1, 0.15) is 4.32 Å². The Kier molecular flexibility index (Phi) is 7.64. The fourth-order valence-electron chi connectivity index (χ4n) is 3.11. The Hall–Kier alpha value is -2.07. The van der Waals surface area contributed by atoms with Crippen LogP contribution in [0.1, 0.15) is 30.2 Å². The Morgan fingerprint density at radius 1 is 1.26 bits per heavy atom. The van der Waals surface area contributed by atoms with E-state index in [4.69, 9.17) is 12.2 Å². The van der Waals surface area contributed by atoms with E-state index in [2.05, 4.69) is 9.88 Å². The van der Waals surface area contributed by atoms with Crippen LogP contribution in [-0.2, 0) is 9.59 Å². The Labute approximate surface area is 196 Å². The van der Waals surface area contributed by atoms with E-state index < -0.39 is 0 Å². The number of carbonyl (C=O) groups is 2. The van der Waals surface area contributed by atoms with Crippen LogP contribution in [0.15, 0.2) is 28.5 Å². The van der Waals surface area contributed by atoms with E-state index in [0.717, 1.165) is 24.2 Å². The highest BCUT2D eigenvalue weighted by molar-refractivity contribution is 8.26. The van der Waals surface area contributed by atoms with Crippen molar-refractivity contribution in [2.75, 3.05) is 32.1 Å². The largest absolute Gasteiger partial charge is 0.309 e. The van der Waals surface area contributed by atoms with Gasteiger partial charge in [-0.2, -0.15) is 0 Å². The molecule has 9 heteroatoms. The first kappa shape index (κ1) is 23.6. The normalized spacial score (nSPS) is 15.4. The summed E-state index contributed by atoms with van der Waals surface area (Å²) in [5, 5.41) is 2.42. The van der Waals surface area contributed by atoms with E-state index in [-0.39, 0.29) is 11.8 Å². The van der Waals surface area contributed by atoms with Gasteiger partial charge >= 0.3 is 0 Å². The highest BCUT2D eigenvalue weighted by Gasteiger charge is 2.31. The van der Waals surface area contributed by atoms with Crippen molar-refractivity contribution in [2.45, 2.75) is 27.2 Å². The highest BCUT2D eigenvalue weighted by Crippen LogP contribution is 2.35. The van der Waals surface area contributed by atoms with Crippen LogP contribution < -0.4 is 4.90 Å². The number of anilines is 2. The molecule has 1 aliphatic rings. The van der Waals surface area contributed by atoms with Gasteiger partial charge in [0, 0.05) is 18.8 Å². The number of hydrogen-bond acceptors (Lipinski definition) is 7. The maximum absolute atomic E-state index is 12.8. The lowest BCUT2D eigenvalue weighted by Gasteiger charge is -2.19. The molecule has 2 amide bonds. The SMILES string of the molecule is CC(=O)N(c1ccc(C)c(C)c1)c1nc(/C=C2/SC(=S)N(CCCN(C)C)C2=O)cs1. The van der Waals surface area contributed by atoms with Crippen LogP contribution in [0.25, 0.3) is 6.08 Å². The molecule has 1 saturated heterocycles. The zero-order chi connectivity index (χ0) is 22.7. The van der Waals surface area contributed by atoms with Gasteiger partial charge in [-0.15, -0.1) is 11.3 Å². The van der Waals surface area contributed by atoms with Gasteiger partial charge in [0.2, 0.25) is 5.91 Å². The van der Waals surface area contributed by atoms with Gasteiger partial charge in [-0.1, -0.05) is 30.0 Å². The van der Waals surface area contributed by atoms with Crippen LogP contribution in [0.5, 0.6) is 0 Å². The first-order chi connectivity index (χ1) is 14.7. The second-order valence-corrected chi connectivity index (χ2v) is 10.2. The number of thiazole rings is 1. The Bertz CT molecular complexity index is 1050. The van der Waals surface area contributed by atoms with E-state index in [0.29, 0.717) is 26.6 Å². The predicted molar refractivity (Wildman–Crippen MR) is 134 cm³/mol. The molecule has 0 N–H and O–H groups in total. The molecule has 1 aliphatic heterocycles. The van der Waals surface area contributed by atoms with Gasteiger partial charge in [0.15, 0.2) is 5.13 Å². The molecule has 164 valence electrons. The molecule has 0 saturated carbocycles. The molecule has 2 aromatic rings. The minimum Gasteiger partial charge on any atom is -0.309 e. The van der Waals surface area contributed by atoms with Gasteiger partial charge < -0.3 is 4.90 Å². The molecule has 6 nitrogen and oxygen atoms in total. The van der Waals surface area contributed by atoms with Gasteiger partial charge in [0.25, 0.3) is 5.91 Å². The third-order valence-corrected chi connectivity index (χ3v) is 7.13. The van der Waals surface area contributed by atoms with E-state index in [1.54, 1.807) is 15.9 Å². The molecule has 3 rings (SSSR count). The number of thiocarbonyl (C=S) groups is 1. The lowest BCUT2D eigenvalue weighted by molar-refractivity contribution is -0.122. The molecular formula is C22H26N4O2S3. The molecule has 0 radical (unpaired) electrons. The molecule has 1 fully saturated rings. The van der Waals surface area contributed by atoms with Crippen molar-refractivity contribution in [1.29, 1.82) is 0 Å². The lowest BCUT2D eigenvalue weighted by atomic mass is 10.1. The van der Waals surface area contributed by atoms with E-state index >= 15 is 0 Å². The summed E-state index contributed by atoms with van der Waals surface area (Å²) >= 11 is 8.07. The molecule has 0 atom stereocenters. The van der Waals surface area contributed by atoms with Crippen LogP contribution in [0, 0.1) is 13.8 Å². The third kappa shape index (κ3) is 5.60. The predicted octanol–water partition coefficient (Wildman–Crippen LogP) is 4.60. The van der Waals surface area contributed by atoms with Crippen molar-refractivity contribution in [1.82, 2.24) is 14.8 Å². The molecule has 2 heterocycles. The first-order valence-electron chi connectivity index (χ1n) is 9.91. The lowest BCUT2D eigenvalue weighted by Crippen LogP contribution is -2.30. The third-order valence-electron chi connectivity index (χ3n) is 4.90. The molecular weight excluding hydrogens is 448 g/mol. The van der Waals surface area contributed by atoms with Crippen molar-refractivity contribution < 1.29 is 9.59 Å². The summed E-state index contributed by atoms with van der Waals surface area (Å²) in [4.78, 5) is 35.7. The van der Waals surface area contributed by atoms with Crippen LogP contribution in [0.4, 0.5) is 10.8 Å². The quantitative estimate of drug-likeness (QED) is 0.432. The number of carbonyl (C=O) groups excluding carboxylic acids is 2. The number of aromatic nitrogens is 1. The average Bonchev–Trinajstić information content (AvgIpc) is 3.24. The molecule has 0 bridgehead atoms. The molecule has 31 heavy (non-hydrogen) atoms. The topological polar surface area (TPSA) is 56.8 Å². The molecule has 0 spiro atoms. The monoisotopic (exact) mass is 474 g/mol. The van der Waals surface area contributed by atoms with Crippen molar-refractivity contribution in [3.05, 3.63) is 45.3 Å². The van der Waals surface area contributed by atoms with Crippen molar-refractivity contribution >= 4 is 68.3 Å². The summed E-state index contributed by atoms with van der Waals surface area (Å²) < 4.78 is 0.575. The van der Waals surface area contributed by atoms with Crippen LogP contribution in [0.3, 0.4) is 0 Å². The second kappa shape index (κ2) is 10.0. The summed E-state index contributed by atoms with van der Waals surface area (Å²) in [5.74, 6) is -0.197. The van der Waals surface area contributed by atoms with E-state index in [1.807, 2.05) is 51.5 Å². The van der Waals surface area contributed by atoms with Gasteiger partial charge in [-0.3, -0.25) is 19.4 Å².